The van der Waals surface area contributed by atoms with E-state index in [1.54, 1.807) is 5.56 Å². The fraction of sp³-hybridized carbons (Fsp3) is 0.409. The fourth-order valence-electron chi connectivity index (χ4n) is 5.66. The maximum absolute atomic E-state index is 4.75. The van der Waals surface area contributed by atoms with E-state index in [4.69, 9.17) is 4.98 Å². The molecular weight excluding hydrogens is 320 g/mol. The SMILES string of the molecule is c1ccc(C2N3CCCCC3[C@@H]3c4[nH]c5ccccc5c4CCN23)nc1. The Morgan fingerprint density at radius 3 is 2.81 bits per heavy atom. The largest absolute Gasteiger partial charge is 0.357 e. The Bertz CT molecular complexity index is 947. The minimum absolute atomic E-state index is 0.325. The number of benzene rings is 1. The topological polar surface area (TPSA) is 35.2 Å². The highest BCUT2D eigenvalue weighted by Crippen LogP contribution is 2.51. The number of piperidine rings is 1. The molecule has 4 heteroatoms. The van der Waals surface area contributed by atoms with Crippen molar-refractivity contribution >= 4 is 10.9 Å². The molecule has 2 aromatic heterocycles. The van der Waals surface area contributed by atoms with Crippen molar-refractivity contribution in [2.45, 2.75) is 43.9 Å². The lowest BCUT2D eigenvalue weighted by atomic mass is 9.90. The van der Waals surface area contributed by atoms with Crippen LogP contribution in [0.5, 0.6) is 0 Å². The van der Waals surface area contributed by atoms with E-state index in [2.05, 4.69) is 51.2 Å². The summed E-state index contributed by atoms with van der Waals surface area (Å²) in [7, 11) is 0. The number of pyridine rings is 1. The highest BCUT2D eigenvalue weighted by molar-refractivity contribution is 5.85. The van der Waals surface area contributed by atoms with Gasteiger partial charge in [0.15, 0.2) is 0 Å². The van der Waals surface area contributed by atoms with Gasteiger partial charge in [-0.15, -0.1) is 0 Å². The normalized spacial score (nSPS) is 28.7. The highest BCUT2D eigenvalue weighted by atomic mass is 15.5. The monoisotopic (exact) mass is 344 g/mol. The van der Waals surface area contributed by atoms with E-state index in [-0.39, 0.29) is 0 Å². The van der Waals surface area contributed by atoms with Gasteiger partial charge in [0.25, 0.3) is 0 Å². The van der Waals surface area contributed by atoms with Crippen LogP contribution in [0.15, 0.2) is 48.7 Å². The zero-order chi connectivity index (χ0) is 17.1. The number of para-hydroxylation sites is 1. The minimum Gasteiger partial charge on any atom is -0.357 e. The molecule has 6 rings (SSSR count). The molecule has 1 aromatic carbocycles. The van der Waals surface area contributed by atoms with Crippen molar-refractivity contribution in [1.29, 1.82) is 0 Å². The van der Waals surface area contributed by atoms with Crippen molar-refractivity contribution in [1.82, 2.24) is 19.8 Å². The van der Waals surface area contributed by atoms with Crippen molar-refractivity contribution in [2.75, 3.05) is 13.1 Å². The summed E-state index contributed by atoms with van der Waals surface area (Å²) in [6, 6.07) is 16.2. The standard InChI is InChI=1S/C22H24N4/c1-2-8-17-15(7-1)16-11-14-26-21(20(16)24-17)19-10-4-6-13-25(19)22(26)18-9-3-5-12-23-18/h1-3,5,7-9,12,19,21-22,24H,4,6,10-11,13-14H2/t19?,21-,22?/m1/s1. The third-order valence-electron chi connectivity index (χ3n) is 6.66. The summed E-state index contributed by atoms with van der Waals surface area (Å²) < 4.78 is 0. The zero-order valence-corrected chi connectivity index (χ0v) is 14.9. The molecule has 2 saturated heterocycles. The van der Waals surface area contributed by atoms with Crippen molar-refractivity contribution in [2.24, 2.45) is 0 Å². The number of nitrogens with one attached hydrogen (secondary N) is 1. The summed E-state index contributed by atoms with van der Waals surface area (Å²) >= 11 is 0. The van der Waals surface area contributed by atoms with Crippen molar-refractivity contribution in [3.63, 3.8) is 0 Å². The smallest absolute Gasteiger partial charge is 0.107 e. The van der Waals surface area contributed by atoms with E-state index in [9.17, 15) is 0 Å². The van der Waals surface area contributed by atoms with Gasteiger partial charge in [-0.25, -0.2) is 0 Å². The van der Waals surface area contributed by atoms with Gasteiger partial charge in [0, 0.05) is 41.9 Å². The Kier molecular flexibility index (Phi) is 3.25. The number of nitrogens with zero attached hydrogens (tertiary/aromatic N) is 3. The molecule has 3 atom stereocenters. The number of fused-ring (bicyclic) bond motifs is 7. The second kappa shape index (κ2) is 5.66. The molecule has 0 aliphatic carbocycles. The van der Waals surface area contributed by atoms with E-state index in [1.807, 2.05) is 12.3 Å². The van der Waals surface area contributed by atoms with E-state index >= 15 is 0 Å². The van der Waals surface area contributed by atoms with Crippen LogP contribution in [0.2, 0.25) is 0 Å². The molecule has 132 valence electrons. The minimum atomic E-state index is 0.325. The second-order valence-corrected chi connectivity index (χ2v) is 7.92. The van der Waals surface area contributed by atoms with Gasteiger partial charge in [-0.2, -0.15) is 0 Å². The summed E-state index contributed by atoms with van der Waals surface area (Å²) in [5, 5.41) is 1.42. The Labute approximate surface area is 153 Å². The zero-order valence-electron chi connectivity index (χ0n) is 14.9. The summed E-state index contributed by atoms with van der Waals surface area (Å²) in [6.45, 7) is 2.31. The van der Waals surface area contributed by atoms with Crippen LogP contribution in [0.3, 0.4) is 0 Å². The van der Waals surface area contributed by atoms with Crippen LogP contribution < -0.4 is 0 Å². The number of rotatable bonds is 1. The molecule has 3 aromatic rings. The molecule has 2 unspecified atom stereocenters. The molecular formula is C22H24N4. The number of aromatic nitrogens is 2. The Morgan fingerprint density at radius 1 is 0.962 bits per heavy atom. The second-order valence-electron chi connectivity index (χ2n) is 7.92. The van der Waals surface area contributed by atoms with Gasteiger partial charge in [-0.3, -0.25) is 14.8 Å². The fourth-order valence-corrected chi connectivity index (χ4v) is 5.66. The van der Waals surface area contributed by atoms with Gasteiger partial charge < -0.3 is 4.98 Å². The van der Waals surface area contributed by atoms with Crippen LogP contribution in [0.4, 0.5) is 0 Å². The van der Waals surface area contributed by atoms with Crippen molar-refractivity contribution in [3.05, 3.63) is 65.6 Å². The molecule has 2 fully saturated rings. The summed E-state index contributed by atoms with van der Waals surface area (Å²) in [5.41, 5.74) is 5.52. The lowest BCUT2D eigenvalue weighted by Gasteiger charge is -2.34. The quantitative estimate of drug-likeness (QED) is 0.724. The predicted octanol–water partition coefficient (Wildman–Crippen LogP) is 4.03. The van der Waals surface area contributed by atoms with Gasteiger partial charge >= 0.3 is 0 Å². The molecule has 0 radical (unpaired) electrons. The molecule has 3 aliphatic heterocycles. The van der Waals surface area contributed by atoms with Crippen LogP contribution in [0, 0.1) is 0 Å². The number of aromatic amines is 1. The molecule has 5 heterocycles. The molecule has 26 heavy (non-hydrogen) atoms. The van der Waals surface area contributed by atoms with Gasteiger partial charge in [0.05, 0.1) is 11.7 Å². The van der Waals surface area contributed by atoms with Crippen LogP contribution in [-0.2, 0) is 6.42 Å². The van der Waals surface area contributed by atoms with Gasteiger partial charge in [-0.05, 0) is 43.0 Å². The average molecular weight is 344 g/mol. The Balaban J connectivity index is 1.51. The van der Waals surface area contributed by atoms with Crippen LogP contribution in [0.1, 0.15) is 48.4 Å². The van der Waals surface area contributed by atoms with Gasteiger partial charge in [0.2, 0.25) is 0 Å². The molecule has 1 N–H and O–H groups in total. The summed E-state index contributed by atoms with van der Waals surface area (Å²) in [6.07, 6.45) is 7.33. The molecule has 4 nitrogen and oxygen atoms in total. The maximum Gasteiger partial charge on any atom is 0.107 e. The van der Waals surface area contributed by atoms with Gasteiger partial charge in [0.1, 0.15) is 6.17 Å². The van der Waals surface area contributed by atoms with Crippen molar-refractivity contribution in [3.8, 4) is 0 Å². The first-order valence-electron chi connectivity index (χ1n) is 9.94. The molecule has 0 spiro atoms. The molecule has 0 amide bonds. The average Bonchev–Trinajstić information content (AvgIpc) is 3.24. The van der Waals surface area contributed by atoms with Gasteiger partial charge in [-0.1, -0.05) is 30.7 Å². The predicted molar refractivity (Wildman–Crippen MR) is 103 cm³/mol. The van der Waals surface area contributed by atoms with E-state index < -0.39 is 0 Å². The Morgan fingerprint density at radius 2 is 1.88 bits per heavy atom. The van der Waals surface area contributed by atoms with E-state index in [0.29, 0.717) is 18.2 Å². The molecule has 3 aliphatic rings. The maximum atomic E-state index is 4.75. The lowest BCUT2D eigenvalue weighted by molar-refractivity contribution is 0.0943. The van der Waals surface area contributed by atoms with Crippen LogP contribution in [-0.4, -0.2) is 38.9 Å². The first kappa shape index (κ1) is 14.9. The van der Waals surface area contributed by atoms with Crippen LogP contribution in [0.25, 0.3) is 10.9 Å². The first-order valence-corrected chi connectivity index (χ1v) is 9.94. The highest BCUT2D eigenvalue weighted by Gasteiger charge is 2.51. The lowest BCUT2D eigenvalue weighted by Crippen LogP contribution is -2.38. The van der Waals surface area contributed by atoms with Crippen molar-refractivity contribution < 1.29 is 0 Å². The first-order chi connectivity index (χ1) is 12.9. The van der Waals surface area contributed by atoms with E-state index in [0.717, 1.165) is 13.0 Å². The molecule has 0 saturated carbocycles. The number of hydrogen-bond donors (Lipinski definition) is 1. The van der Waals surface area contributed by atoms with Crippen LogP contribution >= 0.6 is 0 Å². The third-order valence-corrected chi connectivity index (χ3v) is 6.66. The number of H-pyrrole nitrogens is 1. The number of hydrogen-bond acceptors (Lipinski definition) is 3. The summed E-state index contributed by atoms with van der Waals surface area (Å²) in [4.78, 5) is 14.0. The van der Waals surface area contributed by atoms with E-state index in [1.165, 1.54) is 48.1 Å². The third kappa shape index (κ3) is 2.00. The molecule has 0 bridgehead atoms. The Hall–Kier alpha value is -2.17. The summed E-state index contributed by atoms with van der Waals surface area (Å²) in [5.74, 6) is 0.